The predicted molar refractivity (Wildman–Crippen MR) is 77.6 cm³/mol. The molecule has 0 aliphatic rings. The van der Waals surface area contributed by atoms with Gasteiger partial charge in [0, 0.05) is 18.0 Å². The molecule has 0 atom stereocenters. The predicted octanol–water partition coefficient (Wildman–Crippen LogP) is 4.12. The first-order valence-corrected chi connectivity index (χ1v) is 6.26. The Hall–Kier alpha value is -2.48. The van der Waals surface area contributed by atoms with Gasteiger partial charge in [0.05, 0.1) is 0 Å². The van der Waals surface area contributed by atoms with Gasteiger partial charge >= 0.3 is 0 Å². The number of hydrogen-bond acceptors (Lipinski definition) is 2. The van der Waals surface area contributed by atoms with Gasteiger partial charge in [-0.2, -0.15) is 0 Å². The molecule has 0 saturated heterocycles. The fraction of sp³-hybridized carbons (Fsp3) is 0.0588. The van der Waals surface area contributed by atoms with E-state index < -0.39 is 0 Å². The molecule has 0 radical (unpaired) electrons. The number of aromatic nitrogens is 2. The molecule has 92 valence electrons. The minimum Gasteiger partial charge on any atom is -0.244 e. The van der Waals surface area contributed by atoms with E-state index >= 15 is 0 Å². The molecule has 0 spiro atoms. The molecule has 0 fully saturated rings. The summed E-state index contributed by atoms with van der Waals surface area (Å²) in [5.74, 6) is 0. The van der Waals surface area contributed by atoms with E-state index in [1.165, 1.54) is 16.7 Å². The van der Waals surface area contributed by atoms with Crippen molar-refractivity contribution in [3.05, 3.63) is 72.8 Å². The van der Waals surface area contributed by atoms with Gasteiger partial charge in [-0.25, -0.2) is 9.97 Å². The smallest absolute Gasteiger partial charge is 0.115 e. The van der Waals surface area contributed by atoms with Crippen LogP contribution in [0, 0.1) is 6.92 Å². The van der Waals surface area contributed by atoms with Crippen LogP contribution in [0.5, 0.6) is 0 Å². The monoisotopic (exact) mass is 246 g/mol. The Morgan fingerprint density at radius 2 is 1.47 bits per heavy atom. The molecule has 3 aromatic rings. The van der Waals surface area contributed by atoms with Gasteiger partial charge in [-0.15, -0.1) is 0 Å². The normalized spacial score (nSPS) is 10.4. The summed E-state index contributed by atoms with van der Waals surface area (Å²) >= 11 is 0. The van der Waals surface area contributed by atoms with E-state index in [-0.39, 0.29) is 0 Å². The van der Waals surface area contributed by atoms with E-state index in [9.17, 15) is 0 Å². The summed E-state index contributed by atoms with van der Waals surface area (Å²) in [5.41, 5.74) is 5.95. The number of aryl methyl sites for hydroxylation is 1. The van der Waals surface area contributed by atoms with Crippen molar-refractivity contribution in [1.29, 1.82) is 0 Å². The van der Waals surface area contributed by atoms with Gasteiger partial charge < -0.3 is 0 Å². The quantitative estimate of drug-likeness (QED) is 0.679. The van der Waals surface area contributed by atoms with Crippen molar-refractivity contribution in [3.63, 3.8) is 0 Å². The largest absolute Gasteiger partial charge is 0.244 e. The Labute approximate surface area is 112 Å². The molecule has 0 bridgehead atoms. The topological polar surface area (TPSA) is 25.8 Å². The minimum absolute atomic E-state index is 1.04. The lowest BCUT2D eigenvalue weighted by Gasteiger charge is -2.08. The van der Waals surface area contributed by atoms with Crippen molar-refractivity contribution >= 4 is 0 Å². The van der Waals surface area contributed by atoms with Crippen LogP contribution in [0.15, 0.2) is 67.3 Å². The second kappa shape index (κ2) is 5.02. The highest BCUT2D eigenvalue weighted by Gasteiger charge is 2.03. The van der Waals surface area contributed by atoms with Crippen molar-refractivity contribution in [2.45, 2.75) is 6.92 Å². The first-order valence-electron chi connectivity index (χ1n) is 6.26. The Morgan fingerprint density at radius 3 is 2.26 bits per heavy atom. The Kier molecular flexibility index (Phi) is 3.07. The molecule has 0 aliphatic carbocycles. The molecular formula is C17H14N2. The summed E-state index contributed by atoms with van der Waals surface area (Å²) in [6, 6.07) is 16.9. The molecule has 2 nitrogen and oxygen atoms in total. The van der Waals surface area contributed by atoms with E-state index in [0.29, 0.717) is 0 Å². The van der Waals surface area contributed by atoms with Crippen LogP contribution in [0.3, 0.4) is 0 Å². The summed E-state index contributed by atoms with van der Waals surface area (Å²) in [7, 11) is 0. The third-order valence-corrected chi connectivity index (χ3v) is 3.21. The molecule has 19 heavy (non-hydrogen) atoms. The van der Waals surface area contributed by atoms with E-state index in [1.54, 1.807) is 6.33 Å². The van der Waals surface area contributed by atoms with Gasteiger partial charge in [0.1, 0.15) is 6.33 Å². The van der Waals surface area contributed by atoms with Crippen LogP contribution in [0.1, 0.15) is 5.56 Å². The van der Waals surface area contributed by atoms with Crippen molar-refractivity contribution in [3.8, 4) is 22.3 Å². The lowest BCUT2D eigenvalue weighted by molar-refractivity contribution is 1.17. The van der Waals surface area contributed by atoms with Crippen LogP contribution in [0.25, 0.3) is 22.3 Å². The molecule has 3 rings (SSSR count). The van der Waals surface area contributed by atoms with Crippen molar-refractivity contribution in [1.82, 2.24) is 9.97 Å². The molecular weight excluding hydrogens is 232 g/mol. The van der Waals surface area contributed by atoms with Gasteiger partial charge in [0.25, 0.3) is 0 Å². The molecule has 0 N–H and O–H groups in total. The van der Waals surface area contributed by atoms with Gasteiger partial charge in [0.15, 0.2) is 0 Å². The molecule has 1 aromatic heterocycles. The maximum absolute atomic E-state index is 4.07. The maximum Gasteiger partial charge on any atom is 0.115 e. The SMILES string of the molecule is Cc1ccccc1-c1cccc(-c2cncnc2)c1. The second-order valence-corrected chi connectivity index (χ2v) is 4.52. The van der Waals surface area contributed by atoms with Gasteiger partial charge in [-0.1, -0.05) is 42.5 Å². The Balaban J connectivity index is 2.09. The molecule has 0 aliphatic heterocycles. The zero-order valence-electron chi connectivity index (χ0n) is 10.7. The van der Waals surface area contributed by atoms with Crippen molar-refractivity contribution < 1.29 is 0 Å². The van der Waals surface area contributed by atoms with Crippen LogP contribution >= 0.6 is 0 Å². The van der Waals surface area contributed by atoms with Crippen molar-refractivity contribution in [2.24, 2.45) is 0 Å². The molecule has 2 aromatic carbocycles. The van der Waals surface area contributed by atoms with E-state index in [1.807, 2.05) is 12.4 Å². The zero-order chi connectivity index (χ0) is 13.1. The van der Waals surface area contributed by atoms with Gasteiger partial charge in [-0.3, -0.25) is 0 Å². The zero-order valence-corrected chi connectivity index (χ0v) is 10.7. The maximum atomic E-state index is 4.07. The van der Waals surface area contributed by atoms with Crippen LogP contribution < -0.4 is 0 Å². The highest BCUT2D eigenvalue weighted by Crippen LogP contribution is 2.27. The molecule has 0 saturated carbocycles. The molecule has 1 heterocycles. The van der Waals surface area contributed by atoms with Gasteiger partial charge in [-0.05, 0) is 35.2 Å². The average molecular weight is 246 g/mol. The number of hydrogen-bond donors (Lipinski definition) is 0. The summed E-state index contributed by atoms with van der Waals surface area (Å²) in [5, 5.41) is 0. The number of nitrogens with zero attached hydrogens (tertiary/aromatic N) is 2. The first kappa shape index (κ1) is 11.6. The second-order valence-electron chi connectivity index (χ2n) is 4.52. The highest BCUT2D eigenvalue weighted by molar-refractivity contribution is 5.73. The standard InChI is InChI=1S/C17H14N2/c1-13-5-2-3-8-17(13)15-7-4-6-14(9-15)16-10-18-12-19-11-16/h2-12H,1H3. The molecule has 2 heteroatoms. The summed E-state index contributed by atoms with van der Waals surface area (Å²) in [4.78, 5) is 8.14. The fourth-order valence-corrected chi connectivity index (χ4v) is 2.21. The number of benzene rings is 2. The lowest BCUT2D eigenvalue weighted by Crippen LogP contribution is -1.85. The summed E-state index contributed by atoms with van der Waals surface area (Å²) < 4.78 is 0. The summed E-state index contributed by atoms with van der Waals surface area (Å²) in [6.45, 7) is 2.13. The molecule has 0 unspecified atom stereocenters. The Morgan fingerprint density at radius 1 is 0.737 bits per heavy atom. The third kappa shape index (κ3) is 2.38. The van der Waals surface area contributed by atoms with E-state index in [0.717, 1.165) is 11.1 Å². The average Bonchev–Trinajstić information content (AvgIpc) is 2.49. The van der Waals surface area contributed by atoms with Gasteiger partial charge in [0.2, 0.25) is 0 Å². The van der Waals surface area contributed by atoms with Crippen LogP contribution in [0.2, 0.25) is 0 Å². The third-order valence-electron chi connectivity index (χ3n) is 3.21. The van der Waals surface area contributed by atoms with Crippen LogP contribution in [0.4, 0.5) is 0 Å². The van der Waals surface area contributed by atoms with E-state index in [2.05, 4.69) is 65.4 Å². The first-order chi connectivity index (χ1) is 9.34. The van der Waals surface area contributed by atoms with Crippen LogP contribution in [-0.4, -0.2) is 9.97 Å². The fourth-order valence-electron chi connectivity index (χ4n) is 2.21. The highest BCUT2D eigenvalue weighted by atomic mass is 14.8. The minimum atomic E-state index is 1.04. The van der Waals surface area contributed by atoms with Crippen LogP contribution in [-0.2, 0) is 0 Å². The Bertz CT molecular complexity index is 690. The van der Waals surface area contributed by atoms with Crippen molar-refractivity contribution in [2.75, 3.05) is 0 Å². The number of rotatable bonds is 2. The van der Waals surface area contributed by atoms with E-state index in [4.69, 9.17) is 0 Å². The lowest BCUT2D eigenvalue weighted by atomic mass is 9.97. The molecule has 0 amide bonds. The summed E-state index contributed by atoms with van der Waals surface area (Å²) in [6.07, 6.45) is 5.22.